The smallest absolute Gasteiger partial charge is 0.348 e. The molecule has 2 heterocycles. The molecule has 0 fully saturated rings. The van der Waals surface area contributed by atoms with Crippen LogP contribution < -0.4 is 5.32 Å². The van der Waals surface area contributed by atoms with E-state index in [1.165, 1.54) is 31.4 Å². The molecule has 4 aromatic rings. The molecule has 0 aliphatic heterocycles. The summed E-state index contributed by atoms with van der Waals surface area (Å²) in [7, 11) is 1.24. The molecule has 0 unspecified atom stereocenters. The van der Waals surface area contributed by atoms with Crippen LogP contribution in [0.4, 0.5) is 14.6 Å². The Labute approximate surface area is 184 Å². The molecule has 32 heavy (non-hydrogen) atoms. The Balaban J connectivity index is 1.82. The van der Waals surface area contributed by atoms with Crippen LogP contribution in [-0.2, 0) is 4.74 Å². The van der Waals surface area contributed by atoms with Crippen molar-refractivity contribution in [3.05, 3.63) is 81.7 Å². The molecule has 0 atom stereocenters. The Bertz CT molecular complexity index is 1360. The van der Waals surface area contributed by atoms with E-state index in [1.54, 1.807) is 6.92 Å². The summed E-state index contributed by atoms with van der Waals surface area (Å²) in [4.78, 5) is 38.2. The molecule has 1 N–H and O–H groups in total. The number of aryl methyl sites for hydroxylation is 1. The van der Waals surface area contributed by atoms with Crippen molar-refractivity contribution in [3.8, 4) is 0 Å². The first-order chi connectivity index (χ1) is 15.3. The number of carbonyl (C=O) groups is 3. The van der Waals surface area contributed by atoms with Crippen molar-refractivity contribution < 1.29 is 27.9 Å². The van der Waals surface area contributed by atoms with Gasteiger partial charge in [-0.2, -0.15) is 4.68 Å². The highest BCUT2D eigenvalue weighted by molar-refractivity contribution is 7.21. The van der Waals surface area contributed by atoms with Crippen LogP contribution in [0.1, 0.15) is 36.0 Å². The average molecular weight is 455 g/mol. The minimum Gasteiger partial charge on any atom is -0.465 e. The van der Waals surface area contributed by atoms with Crippen LogP contribution in [0.3, 0.4) is 0 Å². The second kappa shape index (κ2) is 8.31. The number of nitrogens with zero attached hydrogens (tertiary/aromatic N) is 2. The van der Waals surface area contributed by atoms with Gasteiger partial charge in [-0.25, -0.2) is 13.6 Å². The van der Waals surface area contributed by atoms with Crippen molar-refractivity contribution in [1.29, 1.82) is 0 Å². The summed E-state index contributed by atoms with van der Waals surface area (Å²) >= 11 is 1.01. The van der Waals surface area contributed by atoms with Crippen molar-refractivity contribution in [3.63, 3.8) is 0 Å². The maximum Gasteiger partial charge on any atom is 0.348 e. The molecule has 0 aliphatic carbocycles. The summed E-state index contributed by atoms with van der Waals surface area (Å²) in [6.45, 7) is 1.63. The number of hydrogen-bond donors (Lipinski definition) is 1. The number of fused-ring (bicyclic) bond motifs is 1. The van der Waals surface area contributed by atoms with E-state index in [1.807, 2.05) is 0 Å². The van der Waals surface area contributed by atoms with E-state index in [4.69, 9.17) is 4.74 Å². The van der Waals surface area contributed by atoms with Gasteiger partial charge in [0.25, 0.3) is 11.8 Å². The zero-order valence-electron chi connectivity index (χ0n) is 16.8. The molecule has 0 saturated carbocycles. The molecule has 4 rings (SSSR count). The van der Waals surface area contributed by atoms with E-state index in [2.05, 4.69) is 10.4 Å². The third-order valence-electron chi connectivity index (χ3n) is 4.73. The fraction of sp³-hybridized carbons (Fsp3) is 0.0909. The summed E-state index contributed by atoms with van der Waals surface area (Å²) < 4.78 is 32.7. The molecular weight excluding hydrogens is 440 g/mol. The zero-order valence-corrected chi connectivity index (χ0v) is 17.6. The van der Waals surface area contributed by atoms with E-state index in [-0.39, 0.29) is 21.8 Å². The van der Waals surface area contributed by atoms with Gasteiger partial charge < -0.3 is 10.1 Å². The number of ether oxygens (including phenoxy) is 1. The largest absolute Gasteiger partial charge is 0.465 e. The van der Waals surface area contributed by atoms with E-state index in [9.17, 15) is 23.2 Å². The summed E-state index contributed by atoms with van der Waals surface area (Å²) in [5, 5.41) is 6.85. The van der Waals surface area contributed by atoms with Crippen molar-refractivity contribution >= 4 is 45.2 Å². The lowest BCUT2D eigenvalue weighted by Gasteiger charge is -2.04. The van der Waals surface area contributed by atoms with Crippen molar-refractivity contribution in [1.82, 2.24) is 9.78 Å². The summed E-state index contributed by atoms with van der Waals surface area (Å²) in [6.07, 6.45) is 0. The van der Waals surface area contributed by atoms with E-state index in [0.717, 1.165) is 40.3 Å². The van der Waals surface area contributed by atoms with Crippen LogP contribution >= 0.6 is 11.3 Å². The molecule has 0 radical (unpaired) electrons. The maximum absolute atomic E-state index is 13.3. The molecule has 10 heteroatoms. The standard InChI is InChI=1S/C22H15F2N3O4S/c1-11-16-18(32-17(11)22(30)31-2)19(25-20(28)12-3-7-14(23)8-4-12)26-27(16)21(29)13-5-9-15(24)10-6-13/h3-10H,1-2H3,(H,25,26,28). The highest BCUT2D eigenvalue weighted by Gasteiger charge is 2.27. The van der Waals surface area contributed by atoms with E-state index < -0.39 is 29.4 Å². The fourth-order valence-corrected chi connectivity index (χ4v) is 4.27. The molecule has 2 aromatic carbocycles. The normalized spacial score (nSPS) is 10.9. The Morgan fingerprint density at radius 3 is 2.09 bits per heavy atom. The average Bonchev–Trinajstić information content (AvgIpc) is 3.31. The van der Waals surface area contributed by atoms with Gasteiger partial charge in [-0.15, -0.1) is 16.4 Å². The molecular formula is C22H15F2N3O4S. The second-order valence-corrected chi connectivity index (χ2v) is 7.78. The number of amides is 1. The lowest BCUT2D eigenvalue weighted by Crippen LogP contribution is -2.16. The second-order valence-electron chi connectivity index (χ2n) is 6.76. The maximum atomic E-state index is 13.3. The van der Waals surface area contributed by atoms with Gasteiger partial charge in [-0.05, 0) is 55.5 Å². The van der Waals surface area contributed by atoms with Gasteiger partial charge in [-0.1, -0.05) is 0 Å². The number of methoxy groups -OCH3 is 1. The number of carbonyl (C=O) groups excluding carboxylic acids is 3. The highest BCUT2D eigenvalue weighted by atomic mass is 32.1. The van der Waals surface area contributed by atoms with Crippen LogP contribution in [0.15, 0.2) is 48.5 Å². The summed E-state index contributed by atoms with van der Waals surface area (Å²) in [5.41, 5.74) is 1.11. The van der Waals surface area contributed by atoms with Crippen molar-refractivity contribution in [2.75, 3.05) is 12.4 Å². The van der Waals surface area contributed by atoms with Crippen LogP contribution in [0.2, 0.25) is 0 Å². The number of thiophene rings is 1. The molecule has 0 aliphatic rings. The Morgan fingerprint density at radius 2 is 1.53 bits per heavy atom. The minimum atomic E-state index is -0.597. The topological polar surface area (TPSA) is 90.3 Å². The number of anilines is 1. The fourth-order valence-electron chi connectivity index (χ4n) is 3.13. The zero-order chi connectivity index (χ0) is 23.0. The first-order valence-electron chi connectivity index (χ1n) is 9.27. The van der Waals surface area contributed by atoms with E-state index >= 15 is 0 Å². The van der Waals surface area contributed by atoms with Gasteiger partial charge in [0.1, 0.15) is 16.5 Å². The molecule has 0 bridgehead atoms. The van der Waals surface area contributed by atoms with Gasteiger partial charge in [0.05, 0.1) is 17.3 Å². The SMILES string of the molecule is COC(=O)c1sc2c(NC(=O)c3ccc(F)cc3)nn(C(=O)c3ccc(F)cc3)c2c1C. The molecule has 2 aromatic heterocycles. The Morgan fingerprint density at radius 1 is 0.969 bits per heavy atom. The third kappa shape index (κ3) is 3.76. The predicted molar refractivity (Wildman–Crippen MR) is 114 cm³/mol. The van der Waals surface area contributed by atoms with Gasteiger partial charge in [0, 0.05) is 16.7 Å². The van der Waals surface area contributed by atoms with Crippen molar-refractivity contribution in [2.24, 2.45) is 0 Å². The highest BCUT2D eigenvalue weighted by Crippen LogP contribution is 2.37. The predicted octanol–water partition coefficient (Wildman–Crippen LogP) is 4.41. The van der Waals surface area contributed by atoms with Crippen molar-refractivity contribution in [2.45, 2.75) is 6.92 Å². The lowest BCUT2D eigenvalue weighted by atomic mass is 10.2. The number of benzene rings is 2. The molecule has 0 spiro atoms. The Hall–Kier alpha value is -3.92. The quantitative estimate of drug-likeness (QED) is 0.461. The number of rotatable bonds is 4. The van der Waals surface area contributed by atoms with Crippen LogP contribution in [-0.4, -0.2) is 34.7 Å². The third-order valence-corrected chi connectivity index (χ3v) is 6.00. The van der Waals surface area contributed by atoms with Crippen LogP contribution in [0.5, 0.6) is 0 Å². The number of nitrogens with one attached hydrogen (secondary N) is 1. The van der Waals surface area contributed by atoms with Crippen LogP contribution in [0, 0.1) is 18.6 Å². The first kappa shape index (κ1) is 21.3. The molecule has 0 saturated heterocycles. The number of esters is 1. The number of hydrogen-bond acceptors (Lipinski definition) is 6. The number of halogens is 2. The summed E-state index contributed by atoms with van der Waals surface area (Å²) in [5.74, 6) is -2.69. The molecule has 7 nitrogen and oxygen atoms in total. The Kier molecular flexibility index (Phi) is 5.54. The number of aromatic nitrogens is 2. The summed E-state index contributed by atoms with van der Waals surface area (Å²) in [6, 6.07) is 9.81. The van der Waals surface area contributed by atoms with E-state index in [0.29, 0.717) is 15.8 Å². The lowest BCUT2D eigenvalue weighted by molar-refractivity contribution is 0.0605. The van der Waals surface area contributed by atoms with Gasteiger partial charge in [0.2, 0.25) is 0 Å². The van der Waals surface area contributed by atoms with Gasteiger partial charge in [0.15, 0.2) is 5.82 Å². The van der Waals surface area contributed by atoms with Gasteiger partial charge >= 0.3 is 5.97 Å². The van der Waals surface area contributed by atoms with Crippen LogP contribution in [0.25, 0.3) is 10.2 Å². The molecule has 1 amide bonds. The molecule has 162 valence electrons. The first-order valence-corrected chi connectivity index (χ1v) is 10.1. The monoisotopic (exact) mass is 455 g/mol. The van der Waals surface area contributed by atoms with Gasteiger partial charge in [-0.3, -0.25) is 9.59 Å². The minimum absolute atomic E-state index is 0.0491.